The quantitative estimate of drug-likeness (QED) is 0.850. The Morgan fingerprint density at radius 1 is 1.24 bits per heavy atom. The summed E-state index contributed by atoms with van der Waals surface area (Å²) < 4.78 is 0. The van der Waals surface area contributed by atoms with E-state index in [2.05, 4.69) is 41.2 Å². The third kappa shape index (κ3) is 3.11. The number of hydrogen-bond acceptors (Lipinski definition) is 3. The number of nitrogens with zero attached hydrogens (tertiary/aromatic N) is 2. The van der Waals surface area contributed by atoms with Crippen LogP contribution in [0.5, 0.6) is 0 Å². The summed E-state index contributed by atoms with van der Waals surface area (Å²) in [4.78, 5) is 7.03. The van der Waals surface area contributed by atoms with Crippen molar-refractivity contribution in [1.29, 1.82) is 0 Å². The predicted octanol–water partition coefficient (Wildman–Crippen LogP) is 3.14. The Bertz CT molecular complexity index is 373. The molecule has 1 fully saturated rings. The van der Waals surface area contributed by atoms with Gasteiger partial charge in [0.25, 0.3) is 0 Å². The van der Waals surface area contributed by atoms with Gasteiger partial charge in [0.2, 0.25) is 0 Å². The number of rotatable bonds is 2. The molecule has 1 aromatic heterocycles. The van der Waals surface area contributed by atoms with Crippen LogP contribution >= 0.6 is 0 Å². The topological polar surface area (TPSA) is 28.2 Å². The lowest BCUT2D eigenvalue weighted by Gasteiger charge is -2.24. The average Bonchev–Trinajstić information content (AvgIpc) is 2.50. The van der Waals surface area contributed by atoms with Gasteiger partial charge in [-0.15, -0.1) is 0 Å². The van der Waals surface area contributed by atoms with Gasteiger partial charge in [-0.25, -0.2) is 4.98 Å². The second kappa shape index (κ2) is 4.94. The highest BCUT2D eigenvalue weighted by Crippen LogP contribution is 2.31. The Kier molecular flexibility index (Phi) is 3.55. The molecule has 1 aliphatic rings. The standard InChI is InChI=1S/C14H23N3/c1-14(2)8-5-10-17(11-9-14)13-7-4-6-12(15-3)16-13/h4,6-7H,5,8-11H2,1-3H3,(H,15,16). The van der Waals surface area contributed by atoms with E-state index in [1.165, 1.54) is 19.3 Å². The summed E-state index contributed by atoms with van der Waals surface area (Å²) in [6.45, 7) is 6.98. The first-order chi connectivity index (χ1) is 8.11. The lowest BCUT2D eigenvalue weighted by molar-refractivity contribution is 0.325. The van der Waals surface area contributed by atoms with Gasteiger partial charge in [0.15, 0.2) is 0 Å². The first-order valence-corrected chi connectivity index (χ1v) is 6.50. The van der Waals surface area contributed by atoms with Crippen molar-refractivity contribution in [2.45, 2.75) is 33.1 Å². The van der Waals surface area contributed by atoms with E-state index < -0.39 is 0 Å². The van der Waals surface area contributed by atoms with Crippen LogP contribution in [-0.4, -0.2) is 25.1 Å². The van der Waals surface area contributed by atoms with E-state index >= 15 is 0 Å². The molecule has 1 aromatic rings. The fourth-order valence-electron chi connectivity index (χ4n) is 2.39. The minimum absolute atomic E-state index is 0.482. The van der Waals surface area contributed by atoms with Crippen molar-refractivity contribution in [2.24, 2.45) is 5.41 Å². The second-order valence-corrected chi connectivity index (χ2v) is 5.64. The highest BCUT2D eigenvalue weighted by Gasteiger charge is 2.23. The van der Waals surface area contributed by atoms with Crippen molar-refractivity contribution in [1.82, 2.24) is 4.98 Å². The third-order valence-corrected chi connectivity index (χ3v) is 3.65. The van der Waals surface area contributed by atoms with Gasteiger partial charge in [0.05, 0.1) is 0 Å². The molecule has 0 spiro atoms. The van der Waals surface area contributed by atoms with Gasteiger partial charge in [0, 0.05) is 20.1 Å². The predicted molar refractivity (Wildman–Crippen MR) is 73.6 cm³/mol. The van der Waals surface area contributed by atoms with E-state index in [0.29, 0.717) is 5.41 Å². The van der Waals surface area contributed by atoms with E-state index in [1.54, 1.807) is 0 Å². The third-order valence-electron chi connectivity index (χ3n) is 3.65. The number of nitrogens with one attached hydrogen (secondary N) is 1. The van der Waals surface area contributed by atoms with Crippen molar-refractivity contribution in [3.8, 4) is 0 Å². The average molecular weight is 233 g/mol. The molecule has 0 atom stereocenters. The van der Waals surface area contributed by atoms with Crippen LogP contribution in [0.25, 0.3) is 0 Å². The number of hydrogen-bond donors (Lipinski definition) is 1. The minimum Gasteiger partial charge on any atom is -0.373 e. The van der Waals surface area contributed by atoms with Crippen LogP contribution in [0.4, 0.5) is 11.6 Å². The van der Waals surface area contributed by atoms with Crippen molar-refractivity contribution in [3.63, 3.8) is 0 Å². The zero-order valence-corrected chi connectivity index (χ0v) is 11.2. The molecular weight excluding hydrogens is 210 g/mol. The Labute approximate surface area is 104 Å². The molecule has 94 valence electrons. The molecule has 0 aromatic carbocycles. The first-order valence-electron chi connectivity index (χ1n) is 6.50. The highest BCUT2D eigenvalue weighted by atomic mass is 15.2. The molecule has 0 radical (unpaired) electrons. The van der Waals surface area contributed by atoms with Crippen LogP contribution in [0, 0.1) is 5.41 Å². The van der Waals surface area contributed by atoms with E-state index in [4.69, 9.17) is 0 Å². The maximum atomic E-state index is 4.62. The van der Waals surface area contributed by atoms with E-state index in [9.17, 15) is 0 Å². The van der Waals surface area contributed by atoms with Crippen LogP contribution in [0.1, 0.15) is 33.1 Å². The fraction of sp³-hybridized carbons (Fsp3) is 0.643. The van der Waals surface area contributed by atoms with Crippen LogP contribution in [0.3, 0.4) is 0 Å². The molecule has 1 aliphatic heterocycles. The summed E-state index contributed by atoms with van der Waals surface area (Å²) in [6.07, 6.45) is 3.83. The van der Waals surface area contributed by atoms with E-state index in [0.717, 1.165) is 24.7 Å². The maximum absolute atomic E-state index is 4.62. The molecule has 1 N–H and O–H groups in total. The van der Waals surface area contributed by atoms with Gasteiger partial charge in [-0.1, -0.05) is 19.9 Å². The lowest BCUT2D eigenvalue weighted by atomic mass is 9.85. The van der Waals surface area contributed by atoms with Crippen LogP contribution in [-0.2, 0) is 0 Å². The second-order valence-electron chi connectivity index (χ2n) is 5.64. The van der Waals surface area contributed by atoms with Crippen LogP contribution in [0.15, 0.2) is 18.2 Å². The van der Waals surface area contributed by atoms with E-state index in [1.807, 2.05) is 13.1 Å². The number of pyridine rings is 1. The molecule has 0 saturated carbocycles. The lowest BCUT2D eigenvalue weighted by Crippen LogP contribution is -2.26. The maximum Gasteiger partial charge on any atom is 0.130 e. The molecule has 17 heavy (non-hydrogen) atoms. The number of anilines is 2. The summed E-state index contributed by atoms with van der Waals surface area (Å²) >= 11 is 0. The zero-order valence-electron chi connectivity index (χ0n) is 11.2. The van der Waals surface area contributed by atoms with Gasteiger partial charge in [-0.2, -0.15) is 0 Å². The molecule has 0 amide bonds. The van der Waals surface area contributed by atoms with Crippen molar-refractivity contribution < 1.29 is 0 Å². The Balaban J connectivity index is 2.11. The summed E-state index contributed by atoms with van der Waals surface area (Å²) in [5.74, 6) is 2.06. The molecule has 0 unspecified atom stereocenters. The molecule has 0 aliphatic carbocycles. The zero-order chi connectivity index (χ0) is 12.3. The van der Waals surface area contributed by atoms with Gasteiger partial charge in [-0.05, 0) is 36.8 Å². The van der Waals surface area contributed by atoms with Gasteiger partial charge < -0.3 is 10.2 Å². The largest absolute Gasteiger partial charge is 0.373 e. The smallest absolute Gasteiger partial charge is 0.130 e. The minimum atomic E-state index is 0.482. The van der Waals surface area contributed by atoms with Gasteiger partial charge in [-0.3, -0.25) is 0 Å². The summed E-state index contributed by atoms with van der Waals surface area (Å²) in [5.41, 5.74) is 0.482. The summed E-state index contributed by atoms with van der Waals surface area (Å²) in [6, 6.07) is 6.19. The van der Waals surface area contributed by atoms with Crippen molar-refractivity contribution >= 4 is 11.6 Å². The van der Waals surface area contributed by atoms with Gasteiger partial charge >= 0.3 is 0 Å². The molecule has 3 nitrogen and oxygen atoms in total. The van der Waals surface area contributed by atoms with Gasteiger partial charge in [0.1, 0.15) is 11.6 Å². The molecule has 2 heterocycles. The van der Waals surface area contributed by atoms with Crippen molar-refractivity contribution in [2.75, 3.05) is 30.4 Å². The normalized spacial score (nSPS) is 19.8. The Hall–Kier alpha value is -1.25. The molecule has 3 heteroatoms. The summed E-state index contributed by atoms with van der Waals surface area (Å²) in [7, 11) is 1.91. The fourth-order valence-corrected chi connectivity index (χ4v) is 2.39. The summed E-state index contributed by atoms with van der Waals surface area (Å²) in [5, 5.41) is 3.10. The van der Waals surface area contributed by atoms with Crippen LogP contribution < -0.4 is 10.2 Å². The molecule has 1 saturated heterocycles. The highest BCUT2D eigenvalue weighted by molar-refractivity contribution is 5.46. The first kappa shape index (κ1) is 12.2. The molecule has 2 rings (SSSR count). The van der Waals surface area contributed by atoms with Crippen LogP contribution in [0.2, 0.25) is 0 Å². The molecule has 0 bridgehead atoms. The van der Waals surface area contributed by atoms with E-state index in [-0.39, 0.29) is 0 Å². The van der Waals surface area contributed by atoms with Crippen molar-refractivity contribution in [3.05, 3.63) is 18.2 Å². The number of aromatic nitrogens is 1. The monoisotopic (exact) mass is 233 g/mol. The Morgan fingerprint density at radius 2 is 2.06 bits per heavy atom. The molecular formula is C14H23N3. The SMILES string of the molecule is CNc1cccc(N2CCCC(C)(C)CC2)n1. The Morgan fingerprint density at radius 3 is 2.82 bits per heavy atom.